The predicted octanol–water partition coefficient (Wildman–Crippen LogP) is 3.46. The fraction of sp³-hybridized carbons (Fsp3) is 0.417. The fourth-order valence-corrected chi connectivity index (χ4v) is 7.72. The molecule has 2 N–H and O–H groups in total. The summed E-state index contributed by atoms with van der Waals surface area (Å²) >= 11 is 0. The summed E-state index contributed by atoms with van der Waals surface area (Å²) in [6.07, 6.45) is 7.00. The zero-order valence-electron chi connectivity index (χ0n) is 26.2. The zero-order valence-corrected chi connectivity index (χ0v) is 26.2. The summed E-state index contributed by atoms with van der Waals surface area (Å²) in [5.74, 6) is 0.758. The van der Waals surface area contributed by atoms with Crippen molar-refractivity contribution in [2.75, 3.05) is 19.6 Å². The second-order valence-corrected chi connectivity index (χ2v) is 13.1. The van der Waals surface area contributed by atoms with Crippen molar-refractivity contribution in [3.05, 3.63) is 90.4 Å². The van der Waals surface area contributed by atoms with Gasteiger partial charge in [-0.2, -0.15) is 0 Å². The van der Waals surface area contributed by atoms with Crippen molar-refractivity contribution in [3.8, 4) is 11.3 Å². The lowest BCUT2D eigenvalue weighted by molar-refractivity contribution is -0.146. The second-order valence-electron chi connectivity index (χ2n) is 13.1. The first-order valence-corrected chi connectivity index (χ1v) is 16.5. The van der Waals surface area contributed by atoms with E-state index in [0.29, 0.717) is 37.5 Å². The van der Waals surface area contributed by atoms with Crippen molar-refractivity contribution in [3.63, 3.8) is 0 Å². The first-order chi connectivity index (χ1) is 22.4. The van der Waals surface area contributed by atoms with Gasteiger partial charge in [-0.1, -0.05) is 60.7 Å². The van der Waals surface area contributed by atoms with E-state index < -0.39 is 12.1 Å². The molecule has 3 amide bonds. The molecule has 46 heavy (non-hydrogen) atoms. The van der Waals surface area contributed by atoms with Gasteiger partial charge < -0.3 is 15.5 Å². The Morgan fingerprint density at radius 3 is 2.50 bits per heavy atom. The molecule has 0 radical (unpaired) electrons. The molecule has 238 valence electrons. The Morgan fingerprint density at radius 2 is 1.70 bits per heavy atom. The number of aromatic nitrogens is 3. The maximum absolute atomic E-state index is 14.4. The quantitative estimate of drug-likeness (QED) is 0.354. The first kappa shape index (κ1) is 30.1. The maximum Gasteiger partial charge on any atom is 0.245 e. The number of carbonyl (C=O) groups excluding carboxylic acids is 3. The molecule has 0 unspecified atom stereocenters. The lowest BCUT2D eigenvalue weighted by Crippen LogP contribution is -2.63. The number of amides is 3. The van der Waals surface area contributed by atoms with Gasteiger partial charge in [-0.3, -0.25) is 23.7 Å². The summed E-state index contributed by atoms with van der Waals surface area (Å²) in [5.41, 5.74) is 4.10. The highest BCUT2D eigenvalue weighted by Crippen LogP contribution is 2.37. The lowest BCUT2D eigenvalue weighted by atomic mass is 9.77. The molecule has 0 spiro atoms. The molecule has 2 aromatic carbocycles. The van der Waals surface area contributed by atoms with E-state index in [1.807, 2.05) is 60.8 Å². The van der Waals surface area contributed by atoms with Gasteiger partial charge in [0.05, 0.1) is 11.4 Å². The van der Waals surface area contributed by atoms with Crippen molar-refractivity contribution >= 4 is 23.5 Å². The molecule has 3 aliphatic rings. The van der Waals surface area contributed by atoms with Gasteiger partial charge in [-0.25, -0.2) is 9.97 Å². The molecular formula is C36H41N7O3. The van der Waals surface area contributed by atoms with Crippen molar-refractivity contribution in [1.82, 2.24) is 34.8 Å². The third-order valence-electron chi connectivity index (χ3n) is 9.82. The van der Waals surface area contributed by atoms with Crippen molar-refractivity contribution in [1.29, 1.82) is 0 Å². The van der Waals surface area contributed by atoms with Crippen LogP contribution in [0, 0.1) is 11.8 Å². The Hall–Kier alpha value is -4.57. The van der Waals surface area contributed by atoms with Crippen LogP contribution in [-0.2, 0) is 27.3 Å². The van der Waals surface area contributed by atoms with Crippen LogP contribution < -0.4 is 10.6 Å². The van der Waals surface area contributed by atoms with Crippen LogP contribution in [0.5, 0.6) is 0 Å². The average molecular weight is 620 g/mol. The Morgan fingerprint density at radius 1 is 0.913 bits per heavy atom. The van der Waals surface area contributed by atoms with Crippen LogP contribution in [-0.4, -0.2) is 79.6 Å². The molecule has 10 heteroatoms. The van der Waals surface area contributed by atoms with Crippen molar-refractivity contribution < 1.29 is 14.4 Å². The van der Waals surface area contributed by atoms with Gasteiger partial charge in [-0.05, 0) is 49.7 Å². The Kier molecular flexibility index (Phi) is 8.53. The monoisotopic (exact) mass is 619 g/mol. The molecule has 0 aliphatic carbocycles. The van der Waals surface area contributed by atoms with Crippen molar-refractivity contribution in [2.45, 2.75) is 63.7 Å². The third kappa shape index (κ3) is 6.26. The van der Waals surface area contributed by atoms with Crippen molar-refractivity contribution in [2.24, 2.45) is 11.8 Å². The number of piperidine rings is 2. The van der Waals surface area contributed by atoms with Gasteiger partial charge in [0.15, 0.2) is 0 Å². The lowest BCUT2D eigenvalue weighted by Gasteiger charge is -2.51. The van der Waals surface area contributed by atoms with Gasteiger partial charge in [0, 0.05) is 63.0 Å². The van der Waals surface area contributed by atoms with Gasteiger partial charge in [-0.15, -0.1) is 0 Å². The number of nitrogens with zero attached hydrogens (tertiary/aromatic N) is 5. The summed E-state index contributed by atoms with van der Waals surface area (Å²) in [4.78, 5) is 54.4. The summed E-state index contributed by atoms with van der Waals surface area (Å²) in [6, 6.07) is 20.6. The smallest absolute Gasteiger partial charge is 0.245 e. The van der Waals surface area contributed by atoms with Crippen LogP contribution in [0.1, 0.15) is 43.9 Å². The molecule has 3 saturated heterocycles. The molecular weight excluding hydrogens is 578 g/mol. The van der Waals surface area contributed by atoms with Gasteiger partial charge in [0.1, 0.15) is 12.1 Å². The van der Waals surface area contributed by atoms with E-state index in [1.165, 1.54) is 0 Å². The number of carbonyl (C=O) groups is 3. The van der Waals surface area contributed by atoms with E-state index in [0.717, 1.165) is 55.0 Å². The fourth-order valence-electron chi connectivity index (χ4n) is 7.72. The minimum Gasteiger partial charge on any atom is -0.345 e. The molecule has 3 aliphatic heterocycles. The highest BCUT2D eigenvalue weighted by molar-refractivity contribution is 5.92. The molecule has 4 aromatic rings. The van der Waals surface area contributed by atoms with Crippen LogP contribution in [0.15, 0.2) is 79.1 Å². The van der Waals surface area contributed by atoms with E-state index in [2.05, 4.69) is 42.0 Å². The standard InChI is InChI=1S/C36H41N7O3/c1-24-34(45)39-29(19-25-10-4-2-5-11-25)35(46)43-21-26-18-28(30(43)14-8-15-32(44)38-24)22-41(20-26)23-31-33(27-12-6-3-7-13-27)40-36-37-16-9-17-42(31)36/h2-7,9-13,16-17,24,26,28-30H,8,14-15,18-23H2,1H3,(H,38,44)(H,39,45)/t24-,26+,28-,29+,30+/m1/s1. The summed E-state index contributed by atoms with van der Waals surface area (Å²) in [5, 5.41) is 5.84. The van der Waals surface area contributed by atoms with Gasteiger partial charge in [0.2, 0.25) is 23.5 Å². The highest BCUT2D eigenvalue weighted by Gasteiger charge is 2.44. The summed E-state index contributed by atoms with van der Waals surface area (Å²) in [6.45, 7) is 4.74. The molecule has 5 atom stereocenters. The Bertz CT molecular complexity index is 1710. The van der Waals surface area contributed by atoms with Crippen LogP contribution in [0.25, 0.3) is 17.0 Å². The van der Waals surface area contributed by atoms with E-state index in [1.54, 1.807) is 13.1 Å². The van der Waals surface area contributed by atoms with E-state index in [9.17, 15) is 14.4 Å². The van der Waals surface area contributed by atoms with E-state index in [-0.39, 0.29) is 29.7 Å². The molecule has 0 saturated carbocycles. The molecule has 5 heterocycles. The largest absolute Gasteiger partial charge is 0.345 e. The molecule has 7 rings (SSSR count). The highest BCUT2D eigenvalue weighted by atomic mass is 16.2. The van der Waals surface area contributed by atoms with Gasteiger partial charge in [0.25, 0.3) is 0 Å². The number of hydrogen-bond donors (Lipinski definition) is 2. The number of nitrogens with one attached hydrogen (secondary N) is 2. The SMILES string of the molecule is C[C@H]1NC(=O)CCC[C@H]2[C@@H]3C[C@@H](CN(Cc4c(-c5ccccc5)nc5ncccn45)C3)CN2C(=O)[C@H](Cc2ccccc2)NC1=O. The van der Waals surface area contributed by atoms with Crippen LogP contribution >= 0.6 is 0 Å². The number of benzene rings is 2. The Labute approximate surface area is 269 Å². The summed E-state index contributed by atoms with van der Waals surface area (Å²) < 4.78 is 2.09. The predicted molar refractivity (Wildman–Crippen MR) is 174 cm³/mol. The zero-order chi connectivity index (χ0) is 31.6. The number of rotatable bonds is 5. The van der Waals surface area contributed by atoms with Crippen LogP contribution in [0.2, 0.25) is 0 Å². The minimum atomic E-state index is -0.710. The number of fused-ring (bicyclic) bond motifs is 5. The minimum absolute atomic E-state index is 0.0104. The third-order valence-corrected chi connectivity index (χ3v) is 9.82. The first-order valence-electron chi connectivity index (χ1n) is 16.5. The molecule has 10 nitrogen and oxygen atoms in total. The van der Waals surface area contributed by atoms with Crippen LogP contribution in [0.4, 0.5) is 0 Å². The van der Waals surface area contributed by atoms with E-state index in [4.69, 9.17) is 4.98 Å². The van der Waals surface area contributed by atoms with E-state index >= 15 is 0 Å². The normalized spacial score (nSPS) is 26.1. The maximum atomic E-state index is 14.4. The average Bonchev–Trinajstić information content (AvgIpc) is 3.43. The summed E-state index contributed by atoms with van der Waals surface area (Å²) in [7, 11) is 0. The number of hydrogen-bond acceptors (Lipinski definition) is 6. The number of likely N-dealkylation sites (tertiary alicyclic amines) is 1. The van der Waals surface area contributed by atoms with Gasteiger partial charge >= 0.3 is 0 Å². The molecule has 3 fully saturated rings. The molecule has 2 bridgehead atoms. The molecule has 2 aromatic heterocycles. The topological polar surface area (TPSA) is 112 Å². The number of imidazole rings is 1. The second kappa shape index (κ2) is 13.0. The van der Waals surface area contributed by atoms with Crippen LogP contribution in [0.3, 0.4) is 0 Å². The Balaban J connectivity index is 1.17.